The zero-order valence-electron chi connectivity index (χ0n) is 9.58. The largest absolute Gasteiger partial charge is 0.481 e. The number of aromatic nitrogens is 2. The van der Waals surface area contributed by atoms with E-state index in [1.54, 1.807) is 29.6 Å². The molecule has 0 radical (unpaired) electrons. The summed E-state index contributed by atoms with van der Waals surface area (Å²) in [4.78, 5) is 12.0. The molecular weight excluding hydrogens is 252 g/mol. The molecule has 0 saturated carbocycles. The van der Waals surface area contributed by atoms with Gasteiger partial charge in [0.2, 0.25) is 0 Å². The molecule has 2 heterocycles. The van der Waals surface area contributed by atoms with Crippen LogP contribution in [0.3, 0.4) is 0 Å². The van der Waals surface area contributed by atoms with E-state index in [1.165, 1.54) is 0 Å². The summed E-state index contributed by atoms with van der Waals surface area (Å²) in [5, 5.41) is 12.9. The Balaban J connectivity index is 2.07. The topological polar surface area (TPSA) is 64.4 Å². The van der Waals surface area contributed by atoms with Crippen molar-refractivity contribution in [3.63, 3.8) is 0 Å². The number of nitrogens with zero attached hydrogens (tertiary/aromatic N) is 2. The minimum absolute atomic E-state index is 0.0527. The third-order valence-corrected chi connectivity index (χ3v) is 3.63. The number of carboxylic acid groups (broad SMARTS) is 1. The zero-order chi connectivity index (χ0) is 12.7. The van der Waals surface area contributed by atoms with Crippen molar-refractivity contribution in [3.05, 3.63) is 30.0 Å². The zero-order valence-corrected chi connectivity index (χ0v) is 10.4. The van der Waals surface area contributed by atoms with E-state index in [0.29, 0.717) is 5.94 Å². The molecule has 2 aromatic rings. The Morgan fingerprint density at radius 2 is 2.33 bits per heavy atom. The van der Waals surface area contributed by atoms with E-state index in [2.05, 4.69) is 5.10 Å². The average Bonchev–Trinajstić information content (AvgIpc) is 2.93. The second-order valence-corrected chi connectivity index (χ2v) is 4.88. The van der Waals surface area contributed by atoms with E-state index in [0.717, 1.165) is 21.9 Å². The molecule has 18 heavy (non-hydrogen) atoms. The maximum absolute atomic E-state index is 10.9. The fourth-order valence-electron chi connectivity index (χ4n) is 1.90. The molecule has 3 rings (SSSR count). The second kappa shape index (κ2) is 4.06. The molecule has 0 aliphatic carbocycles. The molecule has 0 spiro atoms. The number of hydrogen-bond acceptors (Lipinski definition) is 4. The Morgan fingerprint density at radius 3 is 3.06 bits per heavy atom. The van der Waals surface area contributed by atoms with Crippen molar-refractivity contribution < 1.29 is 14.6 Å². The highest BCUT2D eigenvalue weighted by Gasteiger charge is 2.16. The van der Waals surface area contributed by atoms with Crippen LogP contribution in [0.4, 0.5) is 0 Å². The van der Waals surface area contributed by atoms with Gasteiger partial charge in [0, 0.05) is 12.6 Å². The van der Waals surface area contributed by atoms with Gasteiger partial charge in [-0.05, 0) is 24.3 Å². The molecule has 1 aliphatic heterocycles. The van der Waals surface area contributed by atoms with E-state index >= 15 is 0 Å². The van der Waals surface area contributed by atoms with Crippen LogP contribution in [0.1, 0.15) is 10.5 Å². The summed E-state index contributed by atoms with van der Waals surface area (Å²) in [7, 11) is 1.73. The van der Waals surface area contributed by atoms with Crippen LogP contribution in [0.5, 0.6) is 5.75 Å². The first-order valence-corrected chi connectivity index (χ1v) is 6.31. The highest BCUT2D eigenvalue weighted by molar-refractivity contribution is 7.99. The first-order valence-electron chi connectivity index (χ1n) is 5.32. The number of thioether (sulfide) groups is 1. The molecule has 0 unspecified atom stereocenters. The number of carboxylic acids is 1. The Hall–Kier alpha value is -1.95. The van der Waals surface area contributed by atoms with Gasteiger partial charge in [0.05, 0.1) is 10.6 Å². The van der Waals surface area contributed by atoms with Crippen molar-refractivity contribution in [2.24, 2.45) is 7.05 Å². The minimum atomic E-state index is -1.02. The molecule has 1 aromatic heterocycles. The summed E-state index contributed by atoms with van der Waals surface area (Å²) in [6.45, 7) is 0. The SMILES string of the molecule is Cn1nc(C(=O)O)cc1-c1ccc2c(c1)SCO2. The molecular formula is C12H10N2O3S. The maximum Gasteiger partial charge on any atom is 0.356 e. The van der Waals surface area contributed by atoms with Crippen LogP contribution in [0.15, 0.2) is 29.2 Å². The number of ether oxygens (including phenoxy) is 1. The Kier molecular flexibility index (Phi) is 2.52. The van der Waals surface area contributed by atoms with E-state index < -0.39 is 5.97 Å². The van der Waals surface area contributed by atoms with E-state index in [9.17, 15) is 4.79 Å². The minimum Gasteiger partial charge on any atom is -0.481 e. The standard InChI is InChI=1S/C12H10N2O3S/c1-14-9(5-8(13-14)12(15)16)7-2-3-10-11(4-7)18-6-17-10/h2-5H,6H2,1H3,(H,15,16). The predicted molar refractivity (Wildman–Crippen MR) is 67.0 cm³/mol. The number of fused-ring (bicyclic) bond motifs is 1. The summed E-state index contributed by atoms with van der Waals surface area (Å²) >= 11 is 1.63. The molecule has 6 heteroatoms. The van der Waals surface area contributed by atoms with Crippen LogP contribution in [-0.4, -0.2) is 26.8 Å². The van der Waals surface area contributed by atoms with Gasteiger partial charge < -0.3 is 9.84 Å². The number of rotatable bonds is 2. The van der Waals surface area contributed by atoms with Gasteiger partial charge in [0.15, 0.2) is 5.69 Å². The Bertz CT molecular complexity index is 636. The molecule has 0 fully saturated rings. The lowest BCUT2D eigenvalue weighted by atomic mass is 10.1. The number of aromatic carboxylic acids is 1. The van der Waals surface area contributed by atoms with Crippen molar-refractivity contribution in [1.29, 1.82) is 0 Å². The summed E-state index contributed by atoms with van der Waals surface area (Å²) in [5.41, 5.74) is 1.77. The van der Waals surface area contributed by atoms with E-state index in [1.807, 2.05) is 18.2 Å². The van der Waals surface area contributed by atoms with Gasteiger partial charge in [-0.15, -0.1) is 0 Å². The molecule has 1 aromatic carbocycles. The first kappa shape index (κ1) is 11.2. The molecule has 0 atom stereocenters. The van der Waals surface area contributed by atoms with Crippen molar-refractivity contribution in [3.8, 4) is 17.0 Å². The first-order chi connectivity index (χ1) is 8.65. The number of aryl methyl sites for hydroxylation is 1. The number of benzene rings is 1. The number of hydrogen-bond donors (Lipinski definition) is 1. The van der Waals surface area contributed by atoms with Gasteiger partial charge in [-0.1, -0.05) is 11.8 Å². The molecule has 0 saturated heterocycles. The van der Waals surface area contributed by atoms with Gasteiger partial charge in [0.25, 0.3) is 0 Å². The second-order valence-electron chi connectivity index (χ2n) is 3.91. The molecule has 92 valence electrons. The molecule has 5 nitrogen and oxygen atoms in total. The van der Waals surface area contributed by atoms with Crippen molar-refractivity contribution in [2.45, 2.75) is 4.90 Å². The van der Waals surface area contributed by atoms with Crippen molar-refractivity contribution in [1.82, 2.24) is 9.78 Å². The highest BCUT2D eigenvalue weighted by Crippen LogP contribution is 2.38. The molecule has 1 aliphatic rings. The Morgan fingerprint density at radius 1 is 1.50 bits per heavy atom. The quantitative estimate of drug-likeness (QED) is 0.899. The van der Waals surface area contributed by atoms with Crippen LogP contribution in [-0.2, 0) is 7.05 Å². The smallest absolute Gasteiger partial charge is 0.356 e. The van der Waals surface area contributed by atoms with Crippen LogP contribution in [0.2, 0.25) is 0 Å². The average molecular weight is 262 g/mol. The monoisotopic (exact) mass is 262 g/mol. The van der Waals surface area contributed by atoms with Crippen molar-refractivity contribution in [2.75, 3.05) is 5.94 Å². The highest BCUT2D eigenvalue weighted by atomic mass is 32.2. The number of carbonyl (C=O) groups is 1. The summed E-state index contributed by atoms with van der Waals surface area (Å²) < 4.78 is 6.98. The predicted octanol–water partition coefficient (Wildman–Crippen LogP) is 2.23. The summed E-state index contributed by atoms with van der Waals surface area (Å²) in [6, 6.07) is 7.38. The van der Waals surface area contributed by atoms with E-state index in [-0.39, 0.29) is 5.69 Å². The van der Waals surface area contributed by atoms with Crippen LogP contribution < -0.4 is 4.74 Å². The maximum atomic E-state index is 10.9. The third kappa shape index (κ3) is 1.74. The van der Waals surface area contributed by atoms with Crippen molar-refractivity contribution >= 4 is 17.7 Å². The van der Waals surface area contributed by atoms with Gasteiger partial charge in [-0.25, -0.2) is 4.79 Å². The molecule has 1 N–H and O–H groups in total. The van der Waals surface area contributed by atoms with Crippen LogP contribution >= 0.6 is 11.8 Å². The molecule has 0 amide bonds. The summed E-state index contributed by atoms with van der Waals surface area (Å²) in [5.74, 6) is 0.491. The fourth-order valence-corrected chi connectivity index (χ4v) is 2.69. The van der Waals surface area contributed by atoms with Gasteiger partial charge in [0.1, 0.15) is 11.7 Å². The third-order valence-electron chi connectivity index (χ3n) is 2.77. The lowest BCUT2D eigenvalue weighted by Gasteiger charge is -2.03. The van der Waals surface area contributed by atoms with Gasteiger partial charge >= 0.3 is 5.97 Å². The lowest BCUT2D eigenvalue weighted by Crippen LogP contribution is -1.99. The summed E-state index contributed by atoms with van der Waals surface area (Å²) in [6.07, 6.45) is 0. The normalized spacial score (nSPS) is 13.2. The van der Waals surface area contributed by atoms with E-state index in [4.69, 9.17) is 9.84 Å². The molecule has 0 bridgehead atoms. The van der Waals surface area contributed by atoms with Gasteiger partial charge in [-0.2, -0.15) is 5.10 Å². The van der Waals surface area contributed by atoms with Gasteiger partial charge in [-0.3, -0.25) is 4.68 Å². The van der Waals surface area contributed by atoms with Crippen LogP contribution in [0, 0.1) is 0 Å². The lowest BCUT2D eigenvalue weighted by molar-refractivity contribution is 0.0689. The Labute approximate surface area is 107 Å². The van der Waals surface area contributed by atoms with Crippen LogP contribution in [0.25, 0.3) is 11.3 Å². The fraction of sp³-hybridized carbons (Fsp3) is 0.167.